The van der Waals surface area contributed by atoms with Crippen LogP contribution in [-0.4, -0.2) is 39.2 Å². The molecule has 1 saturated heterocycles. The summed E-state index contributed by atoms with van der Waals surface area (Å²) in [7, 11) is -0.907. The lowest BCUT2D eigenvalue weighted by Crippen LogP contribution is -2.32. The molecule has 6 nitrogen and oxygen atoms in total. The molecule has 0 bridgehead atoms. The molecule has 1 fully saturated rings. The van der Waals surface area contributed by atoms with Gasteiger partial charge in [-0.2, -0.15) is 5.10 Å². The molecule has 2 aromatic rings. The molecule has 0 saturated carbocycles. The quantitative estimate of drug-likeness (QED) is 0.832. The van der Waals surface area contributed by atoms with Crippen LogP contribution >= 0.6 is 12.4 Å². The van der Waals surface area contributed by atoms with Gasteiger partial charge in [-0.05, 0) is 43.1 Å². The number of hydrogen-bond acceptors (Lipinski definition) is 4. The van der Waals surface area contributed by atoms with Crippen molar-refractivity contribution in [2.45, 2.75) is 24.6 Å². The van der Waals surface area contributed by atoms with Gasteiger partial charge in [0.15, 0.2) is 5.69 Å². The second-order valence-electron chi connectivity index (χ2n) is 6.05. The minimum atomic E-state index is -0.907. The Bertz CT molecular complexity index is 744. The average Bonchev–Trinajstić information content (AvgIpc) is 3.05. The van der Waals surface area contributed by atoms with E-state index >= 15 is 0 Å². The summed E-state index contributed by atoms with van der Waals surface area (Å²) in [5.41, 5.74) is 2.04. The molecule has 1 aromatic carbocycles. The summed E-state index contributed by atoms with van der Waals surface area (Å²) in [5, 5.41) is 10.6. The van der Waals surface area contributed by atoms with Crippen molar-refractivity contribution >= 4 is 34.8 Å². The average molecular weight is 383 g/mol. The van der Waals surface area contributed by atoms with E-state index < -0.39 is 10.8 Å². The first-order chi connectivity index (χ1) is 11.6. The molecule has 25 heavy (non-hydrogen) atoms. The number of nitrogens with one attached hydrogen (secondary N) is 2. The van der Waals surface area contributed by atoms with Crippen LogP contribution in [0.5, 0.6) is 0 Å². The highest BCUT2D eigenvalue weighted by Gasteiger charge is 2.17. The smallest absolute Gasteiger partial charge is 0.276 e. The molecule has 0 radical (unpaired) electrons. The lowest BCUT2D eigenvalue weighted by Gasteiger charge is -2.22. The van der Waals surface area contributed by atoms with Gasteiger partial charge in [0.1, 0.15) is 0 Å². The number of rotatable bonds is 5. The van der Waals surface area contributed by atoms with Crippen molar-refractivity contribution in [1.82, 2.24) is 15.1 Å². The lowest BCUT2D eigenvalue weighted by molar-refractivity contribution is 0.102. The summed E-state index contributed by atoms with van der Waals surface area (Å²) in [4.78, 5) is 12.4. The van der Waals surface area contributed by atoms with Gasteiger partial charge in [0.05, 0.1) is 6.04 Å². The molecule has 8 heteroatoms. The Morgan fingerprint density at radius 2 is 2.28 bits per heavy atom. The molecule has 1 aromatic heterocycles. The van der Waals surface area contributed by atoms with Gasteiger partial charge in [-0.3, -0.25) is 13.7 Å². The lowest BCUT2D eigenvalue weighted by atomic mass is 10.1. The number of halogens is 1. The minimum Gasteiger partial charge on any atom is -0.321 e. The van der Waals surface area contributed by atoms with Crippen LogP contribution < -0.4 is 10.6 Å². The highest BCUT2D eigenvalue weighted by molar-refractivity contribution is 7.83. The van der Waals surface area contributed by atoms with Gasteiger partial charge in [-0.15, -0.1) is 12.4 Å². The van der Waals surface area contributed by atoms with Crippen LogP contribution in [0.2, 0.25) is 0 Å². The van der Waals surface area contributed by atoms with Crippen molar-refractivity contribution < 1.29 is 9.00 Å². The summed E-state index contributed by atoms with van der Waals surface area (Å²) >= 11 is 0. The van der Waals surface area contributed by atoms with E-state index in [1.807, 2.05) is 35.1 Å². The molecule has 1 aliphatic heterocycles. The zero-order valence-electron chi connectivity index (χ0n) is 14.1. The zero-order valence-corrected chi connectivity index (χ0v) is 15.7. The number of nitrogens with zero attached hydrogens (tertiary/aromatic N) is 2. The van der Waals surface area contributed by atoms with Crippen LogP contribution in [0.25, 0.3) is 0 Å². The molecular weight excluding hydrogens is 360 g/mol. The fourth-order valence-corrected chi connectivity index (χ4v) is 3.54. The second kappa shape index (κ2) is 9.12. The fraction of sp³-hybridized carbons (Fsp3) is 0.412. The Hall–Kier alpha value is -1.70. The molecule has 2 heterocycles. The molecule has 0 aliphatic carbocycles. The van der Waals surface area contributed by atoms with E-state index in [1.165, 1.54) is 0 Å². The Morgan fingerprint density at radius 1 is 1.44 bits per heavy atom. The summed E-state index contributed by atoms with van der Waals surface area (Å²) in [5.74, 6) is 0.250. The van der Waals surface area contributed by atoms with E-state index in [9.17, 15) is 9.00 Å². The van der Waals surface area contributed by atoms with E-state index in [1.54, 1.807) is 12.3 Å². The maximum absolute atomic E-state index is 12.4. The number of carbonyl (C=O) groups excluding carboxylic acids is 1. The predicted octanol–water partition coefficient (Wildman–Crippen LogP) is 2.36. The Labute approximate surface area is 156 Å². The first kappa shape index (κ1) is 19.6. The number of benzene rings is 1. The third kappa shape index (κ3) is 5.39. The molecule has 1 aliphatic rings. The largest absolute Gasteiger partial charge is 0.321 e. The third-order valence-corrected chi connectivity index (χ3v) is 4.78. The monoisotopic (exact) mass is 382 g/mol. The molecule has 0 spiro atoms. The molecule has 1 amide bonds. The zero-order chi connectivity index (χ0) is 16.9. The van der Waals surface area contributed by atoms with Crippen molar-refractivity contribution in [1.29, 1.82) is 0 Å². The number of hydrogen-bond donors (Lipinski definition) is 2. The first-order valence-corrected chi connectivity index (χ1v) is 9.81. The number of anilines is 1. The van der Waals surface area contributed by atoms with E-state index in [0.717, 1.165) is 31.5 Å². The van der Waals surface area contributed by atoms with Gasteiger partial charge in [-0.1, -0.05) is 12.1 Å². The molecule has 2 N–H and O–H groups in total. The van der Waals surface area contributed by atoms with Crippen LogP contribution in [-0.2, 0) is 16.6 Å². The van der Waals surface area contributed by atoms with E-state index in [4.69, 9.17) is 0 Å². The van der Waals surface area contributed by atoms with Gasteiger partial charge in [0, 0.05) is 41.2 Å². The Balaban J connectivity index is 0.00000225. The topological polar surface area (TPSA) is 76.0 Å². The van der Waals surface area contributed by atoms with Crippen molar-refractivity contribution in [3.05, 3.63) is 47.8 Å². The molecular formula is C17H23ClN4O2S. The Morgan fingerprint density at radius 3 is 3.00 bits per heavy atom. The highest BCUT2D eigenvalue weighted by Crippen LogP contribution is 2.17. The first-order valence-electron chi connectivity index (χ1n) is 8.08. The van der Waals surface area contributed by atoms with Crippen molar-refractivity contribution in [3.8, 4) is 0 Å². The van der Waals surface area contributed by atoms with Gasteiger partial charge in [0.2, 0.25) is 0 Å². The van der Waals surface area contributed by atoms with Crippen molar-refractivity contribution in [3.63, 3.8) is 0 Å². The van der Waals surface area contributed by atoms with Crippen LogP contribution in [0.15, 0.2) is 36.5 Å². The number of aromatic nitrogens is 2. The normalized spacial score (nSPS) is 18.2. The fourth-order valence-electron chi connectivity index (χ4n) is 2.89. The van der Waals surface area contributed by atoms with Crippen LogP contribution in [0, 0.1) is 0 Å². The molecule has 136 valence electrons. The van der Waals surface area contributed by atoms with E-state index in [0.29, 0.717) is 23.2 Å². The summed E-state index contributed by atoms with van der Waals surface area (Å²) < 4.78 is 13.2. The van der Waals surface area contributed by atoms with Crippen LogP contribution in [0.3, 0.4) is 0 Å². The molecule has 2 atom stereocenters. The van der Waals surface area contributed by atoms with Crippen molar-refractivity contribution in [2.75, 3.05) is 24.7 Å². The highest BCUT2D eigenvalue weighted by atomic mass is 35.5. The molecule has 2 unspecified atom stereocenters. The minimum absolute atomic E-state index is 0. The van der Waals surface area contributed by atoms with Crippen molar-refractivity contribution in [2.24, 2.45) is 0 Å². The standard InChI is InChI=1S/C17H22N4O2S.ClH/c1-24(23)12-13-4-2-5-14(10-13)19-17(22)16-7-9-21(20-16)15-6-3-8-18-11-15;/h2,4-5,7,9-10,15,18H,3,6,8,11-12H2,1H3,(H,19,22);1H. The number of amides is 1. The second-order valence-corrected chi connectivity index (χ2v) is 7.49. The predicted molar refractivity (Wildman–Crippen MR) is 103 cm³/mol. The van der Waals surface area contributed by atoms with Gasteiger partial charge in [-0.25, -0.2) is 0 Å². The molecule has 3 rings (SSSR count). The summed E-state index contributed by atoms with van der Waals surface area (Å²) in [6.45, 7) is 1.93. The summed E-state index contributed by atoms with van der Waals surface area (Å²) in [6, 6.07) is 9.48. The number of piperidine rings is 1. The van der Waals surface area contributed by atoms with Gasteiger partial charge >= 0.3 is 0 Å². The van der Waals surface area contributed by atoms with Gasteiger partial charge < -0.3 is 10.6 Å². The van der Waals surface area contributed by atoms with Crippen LogP contribution in [0.1, 0.15) is 34.9 Å². The maximum atomic E-state index is 12.4. The van der Waals surface area contributed by atoms with E-state index in [-0.39, 0.29) is 18.3 Å². The van der Waals surface area contributed by atoms with Gasteiger partial charge in [0.25, 0.3) is 5.91 Å². The number of carbonyl (C=O) groups is 1. The maximum Gasteiger partial charge on any atom is 0.276 e. The Kier molecular flexibility index (Phi) is 7.16. The SMILES string of the molecule is CS(=O)Cc1cccc(NC(=O)c2ccn(C3CCCNC3)n2)c1.Cl. The third-order valence-electron chi connectivity index (χ3n) is 4.04. The summed E-state index contributed by atoms with van der Waals surface area (Å²) in [6.07, 6.45) is 5.73. The van der Waals surface area contributed by atoms with Crippen LogP contribution in [0.4, 0.5) is 5.69 Å². The van der Waals surface area contributed by atoms with E-state index in [2.05, 4.69) is 15.7 Å².